The van der Waals surface area contributed by atoms with Crippen molar-refractivity contribution in [2.45, 2.75) is 44.1 Å². The minimum Gasteiger partial charge on any atom is -0.481 e. The molecule has 1 aromatic heterocycles. The number of imidazole rings is 1. The summed E-state index contributed by atoms with van der Waals surface area (Å²) in [4.78, 5) is 17.6. The predicted molar refractivity (Wildman–Crippen MR) is 69.7 cm³/mol. The minimum atomic E-state index is -0.724. The Morgan fingerprint density at radius 1 is 1.50 bits per heavy atom. The third-order valence-corrected chi connectivity index (χ3v) is 4.07. The van der Waals surface area contributed by atoms with Crippen molar-refractivity contribution in [1.82, 2.24) is 9.55 Å². The molecule has 5 heteroatoms. The van der Waals surface area contributed by atoms with Crippen molar-refractivity contribution in [3.63, 3.8) is 0 Å². The van der Waals surface area contributed by atoms with Crippen LogP contribution in [0.3, 0.4) is 0 Å². The molecule has 1 aliphatic carbocycles. The summed E-state index contributed by atoms with van der Waals surface area (Å²) in [6.07, 6.45) is 9.10. The monoisotopic (exact) mass is 251 g/mol. The van der Waals surface area contributed by atoms with E-state index in [0.717, 1.165) is 31.6 Å². The Balaban J connectivity index is 2.28. The van der Waals surface area contributed by atoms with Crippen LogP contribution in [0.4, 0.5) is 5.95 Å². The van der Waals surface area contributed by atoms with Crippen LogP contribution in [-0.2, 0) is 11.8 Å². The lowest BCUT2D eigenvalue weighted by Gasteiger charge is -2.44. The lowest BCUT2D eigenvalue weighted by molar-refractivity contribution is -0.138. The molecule has 1 aromatic rings. The predicted octanol–water partition coefficient (Wildman–Crippen LogP) is 2.03. The molecule has 1 saturated carbocycles. The summed E-state index contributed by atoms with van der Waals surface area (Å²) in [5, 5.41) is 9.19. The number of aliphatic carboxylic acids is 1. The van der Waals surface area contributed by atoms with E-state index < -0.39 is 5.97 Å². The average Bonchev–Trinajstić information content (AvgIpc) is 2.74. The summed E-state index contributed by atoms with van der Waals surface area (Å²) in [6, 6.07) is 0. The Labute approximate surface area is 107 Å². The third-order valence-electron chi connectivity index (χ3n) is 4.07. The van der Waals surface area contributed by atoms with Crippen LogP contribution in [0, 0.1) is 0 Å². The molecule has 0 aromatic carbocycles. The number of hydrogen-bond acceptors (Lipinski definition) is 3. The second-order valence-electron chi connectivity index (χ2n) is 5.25. The van der Waals surface area contributed by atoms with Gasteiger partial charge in [-0.3, -0.25) is 4.79 Å². The Morgan fingerprint density at radius 3 is 2.67 bits per heavy atom. The lowest BCUT2D eigenvalue weighted by atomic mass is 9.78. The van der Waals surface area contributed by atoms with Gasteiger partial charge in [-0.2, -0.15) is 0 Å². The van der Waals surface area contributed by atoms with Crippen molar-refractivity contribution in [2.75, 3.05) is 11.9 Å². The molecule has 1 N–H and O–H groups in total. The van der Waals surface area contributed by atoms with E-state index in [1.54, 1.807) is 6.20 Å². The molecule has 0 saturated heterocycles. The average molecular weight is 251 g/mol. The van der Waals surface area contributed by atoms with E-state index in [2.05, 4.69) is 9.88 Å². The van der Waals surface area contributed by atoms with Gasteiger partial charge in [-0.05, 0) is 12.8 Å². The molecule has 0 radical (unpaired) electrons. The second-order valence-corrected chi connectivity index (χ2v) is 5.25. The summed E-state index contributed by atoms with van der Waals surface area (Å²) >= 11 is 0. The maximum absolute atomic E-state index is 11.2. The van der Waals surface area contributed by atoms with E-state index in [9.17, 15) is 9.90 Å². The molecule has 0 atom stereocenters. The molecule has 0 spiro atoms. The first kappa shape index (κ1) is 12.9. The highest BCUT2D eigenvalue weighted by Crippen LogP contribution is 2.37. The van der Waals surface area contributed by atoms with Crippen molar-refractivity contribution in [2.24, 2.45) is 7.05 Å². The Hall–Kier alpha value is -1.52. The van der Waals surface area contributed by atoms with Crippen LogP contribution in [0.2, 0.25) is 0 Å². The van der Waals surface area contributed by atoms with Gasteiger partial charge in [0.1, 0.15) is 0 Å². The largest absolute Gasteiger partial charge is 0.481 e. The van der Waals surface area contributed by atoms with E-state index in [1.807, 2.05) is 24.9 Å². The maximum atomic E-state index is 11.2. The van der Waals surface area contributed by atoms with E-state index >= 15 is 0 Å². The first-order valence-corrected chi connectivity index (χ1v) is 6.48. The number of carboxylic acids is 1. The van der Waals surface area contributed by atoms with Gasteiger partial charge in [0.15, 0.2) is 0 Å². The lowest BCUT2D eigenvalue weighted by Crippen LogP contribution is -2.50. The van der Waals surface area contributed by atoms with Crippen LogP contribution >= 0.6 is 0 Å². The van der Waals surface area contributed by atoms with E-state index in [4.69, 9.17) is 0 Å². The number of rotatable bonds is 4. The molecule has 0 unspecified atom stereocenters. The van der Waals surface area contributed by atoms with Crippen LogP contribution in [0.15, 0.2) is 12.4 Å². The molecule has 2 rings (SSSR count). The normalized spacial score (nSPS) is 18.6. The first-order chi connectivity index (χ1) is 8.55. The minimum absolute atomic E-state index is 0.191. The molecule has 5 nitrogen and oxygen atoms in total. The van der Waals surface area contributed by atoms with Crippen LogP contribution in [0.25, 0.3) is 0 Å². The smallest absolute Gasteiger partial charge is 0.305 e. The van der Waals surface area contributed by atoms with Crippen LogP contribution < -0.4 is 4.90 Å². The fourth-order valence-corrected chi connectivity index (χ4v) is 3.02. The van der Waals surface area contributed by atoms with Gasteiger partial charge >= 0.3 is 5.97 Å². The second kappa shape index (κ2) is 5.00. The Kier molecular flexibility index (Phi) is 3.59. The highest BCUT2D eigenvalue weighted by molar-refractivity contribution is 5.69. The first-order valence-electron chi connectivity index (χ1n) is 6.48. The van der Waals surface area contributed by atoms with Crippen molar-refractivity contribution in [1.29, 1.82) is 0 Å². The summed E-state index contributed by atoms with van der Waals surface area (Å²) in [5.74, 6) is 0.121. The number of anilines is 1. The molecule has 1 fully saturated rings. The SMILES string of the molecule is CN(c1nccn1C)C1(CC(=O)O)CCCCC1. The zero-order valence-electron chi connectivity index (χ0n) is 11.1. The summed E-state index contributed by atoms with van der Waals surface area (Å²) in [6.45, 7) is 0. The number of aromatic nitrogens is 2. The fourth-order valence-electron chi connectivity index (χ4n) is 3.02. The number of nitrogens with zero attached hydrogens (tertiary/aromatic N) is 3. The van der Waals surface area contributed by atoms with E-state index in [0.29, 0.717) is 0 Å². The maximum Gasteiger partial charge on any atom is 0.305 e. The van der Waals surface area contributed by atoms with Crippen LogP contribution in [0.5, 0.6) is 0 Å². The Morgan fingerprint density at radius 2 is 2.17 bits per heavy atom. The molecule has 1 aliphatic rings. The van der Waals surface area contributed by atoms with Gasteiger partial charge in [0, 0.05) is 26.5 Å². The number of carbonyl (C=O) groups is 1. The standard InChI is InChI=1S/C13H21N3O2/c1-15-9-8-14-12(15)16(2)13(10-11(17)18)6-4-3-5-7-13/h8-9H,3-7,10H2,1-2H3,(H,17,18). The van der Waals surface area contributed by atoms with Gasteiger partial charge in [-0.15, -0.1) is 0 Å². The number of carboxylic acid groups (broad SMARTS) is 1. The molecular formula is C13H21N3O2. The highest BCUT2D eigenvalue weighted by atomic mass is 16.4. The third kappa shape index (κ3) is 2.35. The molecular weight excluding hydrogens is 230 g/mol. The van der Waals surface area contributed by atoms with Gasteiger partial charge in [-0.25, -0.2) is 4.98 Å². The zero-order valence-corrected chi connectivity index (χ0v) is 11.1. The summed E-state index contributed by atoms with van der Waals surface area (Å²) < 4.78 is 1.94. The van der Waals surface area contributed by atoms with Gasteiger partial charge < -0.3 is 14.6 Å². The topological polar surface area (TPSA) is 58.4 Å². The molecule has 18 heavy (non-hydrogen) atoms. The Bertz CT molecular complexity index is 422. The molecule has 0 amide bonds. The number of hydrogen-bond donors (Lipinski definition) is 1. The van der Waals surface area contributed by atoms with Crippen molar-refractivity contribution in [3.05, 3.63) is 12.4 Å². The fraction of sp³-hybridized carbons (Fsp3) is 0.692. The summed E-state index contributed by atoms with van der Waals surface area (Å²) in [7, 11) is 3.91. The molecule has 100 valence electrons. The van der Waals surface area contributed by atoms with Crippen molar-refractivity contribution >= 4 is 11.9 Å². The zero-order chi connectivity index (χ0) is 13.2. The van der Waals surface area contributed by atoms with Crippen molar-refractivity contribution in [3.8, 4) is 0 Å². The van der Waals surface area contributed by atoms with Crippen LogP contribution in [-0.4, -0.2) is 33.2 Å². The van der Waals surface area contributed by atoms with Crippen molar-refractivity contribution < 1.29 is 9.90 Å². The van der Waals surface area contributed by atoms with Gasteiger partial charge in [0.2, 0.25) is 5.95 Å². The molecule has 1 heterocycles. The van der Waals surface area contributed by atoms with Gasteiger partial charge in [0.05, 0.1) is 12.0 Å². The summed E-state index contributed by atoms with van der Waals surface area (Å²) in [5.41, 5.74) is -0.275. The van der Waals surface area contributed by atoms with Gasteiger partial charge in [-0.1, -0.05) is 19.3 Å². The molecule has 0 bridgehead atoms. The van der Waals surface area contributed by atoms with Gasteiger partial charge in [0.25, 0.3) is 0 Å². The number of aryl methyl sites for hydroxylation is 1. The quantitative estimate of drug-likeness (QED) is 0.889. The van der Waals surface area contributed by atoms with E-state index in [1.165, 1.54) is 6.42 Å². The highest BCUT2D eigenvalue weighted by Gasteiger charge is 2.39. The van der Waals surface area contributed by atoms with Crippen LogP contribution in [0.1, 0.15) is 38.5 Å². The molecule has 0 aliphatic heterocycles. The van der Waals surface area contributed by atoms with E-state index in [-0.39, 0.29) is 12.0 Å².